The molecule has 1 aromatic carbocycles. The van der Waals surface area contributed by atoms with Gasteiger partial charge >= 0.3 is 10.3 Å². The molecule has 0 radical (unpaired) electrons. The fourth-order valence-corrected chi connectivity index (χ4v) is 2.91. The molecule has 6 heteroatoms. The van der Waals surface area contributed by atoms with Crippen LogP contribution in [-0.4, -0.2) is 14.3 Å². The molecule has 0 fully saturated rings. The first-order valence-electron chi connectivity index (χ1n) is 5.15. The molecule has 2 aliphatic rings. The third kappa shape index (κ3) is 1.61. The summed E-state index contributed by atoms with van der Waals surface area (Å²) >= 11 is 0. The molecule has 0 saturated carbocycles. The number of hydrogen-bond acceptors (Lipinski definition) is 4. The molecule has 0 saturated heterocycles. The van der Waals surface area contributed by atoms with Crippen LogP contribution < -0.4 is 4.72 Å². The van der Waals surface area contributed by atoms with Crippen LogP contribution in [0, 0.1) is 0 Å². The molecule has 0 unspecified atom stereocenters. The van der Waals surface area contributed by atoms with Crippen LogP contribution >= 0.6 is 0 Å². The maximum absolute atomic E-state index is 11.6. The number of carbonyl (C=O) groups is 1. The third-order valence-corrected chi connectivity index (χ3v) is 3.69. The monoisotopic (exact) mass is 251 g/mol. The highest BCUT2D eigenvalue weighted by atomic mass is 32.2. The van der Waals surface area contributed by atoms with E-state index in [0.29, 0.717) is 24.0 Å². The molecular weight excluding hydrogens is 242 g/mol. The van der Waals surface area contributed by atoms with E-state index in [1.807, 2.05) is 16.9 Å². The van der Waals surface area contributed by atoms with Crippen molar-refractivity contribution in [3.8, 4) is 0 Å². The van der Waals surface area contributed by atoms with Crippen molar-refractivity contribution in [2.24, 2.45) is 0 Å². The van der Waals surface area contributed by atoms with Crippen LogP contribution in [0.1, 0.15) is 17.5 Å². The summed E-state index contributed by atoms with van der Waals surface area (Å²) < 4.78 is 29.4. The average molecular weight is 251 g/mol. The van der Waals surface area contributed by atoms with Crippen molar-refractivity contribution in [2.75, 3.05) is 0 Å². The van der Waals surface area contributed by atoms with Crippen molar-refractivity contribution in [2.45, 2.75) is 12.8 Å². The number of benzene rings is 1. The Kier molecular flexibility index (Phi) is 2.03. The molecule has 17 heavy (non-hydrogen) atoms. The fourth-order valence-electron chi connectivity index (χ4n) is 2.11. The van der Waals surface area contributed by atoms with Crippen molar-refractivity contribution in [3.63, 3.8) is 0 Å². The van der Waals surface area contributed by atoms with E-state index >= 15 is 0 Å². The number of nitrogens with one attached hydrogen (secondary N) is 1. The van der Waals surface area contributed by atoms with Crippen molar-refractivity contribution in [3.05, 3.63) is 41.0 Å². The summed E-state index contributed by atoms with van der Waals surface area (Å²) in [6, 6.07) is 7.33. The number of hydrogen-bond donors (Lipinski definition) is 1. The van der Waals surface area contributed by atoms with Gasteiger partial charge in [-0.3, -0.25) is 4.79 Å². The highest BCUT2D eigenvalue weighted by molar-refractivity contribution is 7.85. The molecule has 0 bridgehead atoms. The Morgan fingerprint density at radius 3 is 2.76 bits per heavy atom. The molecule has 0 atom stereocenters. The minimum Gasteiger partial charge on any atom is -0.366 e. The first-order chi connectivity index (χ1) is 8.07. The maximum atomic E-state index is 11.6. The van der Waals surface area contributed by atoms with Crippen LogP contribution in [0.3, 0.4) is 0 Å². The van der Waals surface area contributed by atoms with Crippen LogP contribution in [0.15, 0.2) is 29.8 Å². The maximum Gasteiger partial charge on any atom is 0.410 e. The predicted octanol–water partition coefficient (Wildman–Crippen LogP) is 0.735. The predicted molar refractivity (Wildman–Crippen MR) is 59.8 cm³/mol. The van der Waals surface area contributed by atoms with Gasteiger partial charge in [-0.25, -0.2) is 4.72 Å². The molecule has 1 aliphatic heterocycles. The summed E-state index contributed by atoms with van der Waals surface area (Å²) in [7, 11) is -4.00. The summed E-state index contributed by atoms with van der Waals surface area (Å²) in [5, 5.41) is 0. The van der Waals surface area contributed by atoms with Crippen LogP contribution in [0.2, 0.25) is 0 Å². The minimum absolute atomic E-state index is 0.176. The van der Waals surface area contributed by atoms with E-state index < -0.39 is 16.2 Å². The standard InChI is InChI=1S/C11H9NO4S/c13-11-9-6-5-7-3-1-2-4-8(7)10(9)16-17(14,15)12-11/h1-4H,5-6H2,(H,12,13). The molecule has 1 N–H and O–H groups in total. The Balaban J connectivity index is 2.23. The van der Waals surface area contributed by atoms with Gasteiger partial charge in [0.05, 0.1) is 5.57 Å². The van der Waals surface area contributed by atoms with E-state index in [0.717, 1.165) is 5.56 Å². The summed E-state index contributed by atoms with van der Waals surface area (Å²) in [6.45, 7) is 0. The Hall–Kier alpha value is -1.82. The second-order valence-electron chi connectivity index (χ2n) is 3.93. The normalized spacial score (nSPS) is 21.1. The van der Waals surface area contributed by atoms with E-state index in [4.69, 9.17) is 4.18 Å². The summed E-state index contributed by atoms with van der Waals surface area (Å²) in [4.78, 5) is 11.6. The lowest BCUT2D eigenvalue weighted by Crippen LogP contribution is -2.38. The second-order valence-corrected chi connectivity index (χ2v) is 5.21. The highest BCUT2D eigenvalue weighted by Gasteiger charge is 2.34. The first-order valence-corrected chi connectivity index (χ1v) is 6.56. The smallest absolute Gasteiger partial charge is 0.366 e. The van der Waals surface area contributed by atoms with Crippen LogP contribution in [0.25, 0.3) is 5.76 Å². The largest absolute Gasteiger partial charge is 0.410 e. The van der Waals surface area contributed by atoms with Crippen molar-refractivity contribution in [1.29, 1.82) is 0 Å². The topological polar surface area (TPSA) is 72.5 Å². The summed E-state index contributed by atoms with van der Waals surface area (Å²) in [5.74, 6) is -0.406. The lowest BCUT2D eigenvalue weighted by Gasteiger charge is -2.25. The summed E-state index contributed by atoms with van der Waals surface area (Å²) in [6.07, 6.45) is 1.21. The number of rotatable bonds is 0. The van der Waals surface area contributed by atoms with Crippen molar-refractivity contribution in [1.82, 2.24) is 4.72 Å². The van der Waals surface area contributed by atoms with Gasteiger partial charge in [0.25, 0.3) is 5.91 Å². The molecule has 3 rings (SSSR count). The number of fused-ring (bicyclic) bond motifs is 2. The molecule has 0 aromatic heterocycles. The van der Waals surface area contributed by atoms with E-state index in [-0.39, 0.29) is 5.76 Å². The van der Waals surface area contributed by atoms with Gasteiger partial charge < -0.3 is 4.18 Å². The lowest BCUT2D eigenvalue weighted by molar-refractivity contribution is -0.116. The second kappa shape index (κ2) is 3.33. The molecular formula is C11H9NO4S. The van der Waals surface area contributed by atoms with Gasteiger partial charge in [-0.15, -0.1) is 0 Å². The average Bonchev–Trinajstić information content (AvgIpc) is 2.27. The van der Waals surface area contributed by atoms with Gasteiger partial charge in [0.1, 0.15) is 0 Å². The molecule has 1 amide bonds. The lowest BCUT2D eigenvalue weighted by atomic mass is 9.90. The van der Waals surface area contributed by atoms with Gasteiger partial charge in [0.15, 0.2) is 5.76 Å². The van der Waals surface area contributed by atoms with Gasteiger partial charge in [-0.2, -0.15) is 8.42 Å². The zero-order chi connectivity index (χ0) is 12.0. The fraction of sp³-hybridized carbons (Fsp3) is 0.182. The Bertz CT molecular complexity index is 645. The highest BCUT2D eigenvalue weighted by Crippen LogP contribution is 2.35. The molecule has 5 nitrogen and oxygen atoms in total. The SMILES string of the molecule is O=C1NS(=O)(=O)OC2=C1CCc1ccccc12. The molecule has 1 aromatic rings. The van der Waals surface area contributed by atoms with Crippen LogP contribution in [-0.2, 0) is 25.7 Å². The Morgan fingerprint density at radius 1 is 1.18 bits per heavy atom. The van der Waals surface area contributed by atoms with Crippen molar-refractivity contribution < 1.29 is 17.4 Å². The molecule has 0 spiro atoms. The van der Waals surface area contributed by atoms with Crippen molar-refractivity contribution >= 4 is 22.0 Å². The number of amides is 1. The molecule has 1 heterocycles. The van der Waals surface area contributed by atoms with Gasteiger partial charge in [-0.1, -0.05) is 24.3 Å². The van der Waals surface area contributed by atoms with Gasteiger partial charge in [0, 0.05) is 5.56 Å². The van der Waals surface area contributed by atoms with Crippen LogP contribution in [0.4, 0.5) is 0 Å². The van der Waals surface area contributed by atoms with Gasteiger partial charge in [0.2, 0.25) is 0 Å². The molecule has 1 aliphatic carbocycles. The summed E-state index contributed by atoms with van der Waals surface area (Å²) in [5.41, 5.74) is 2.09. The quantitative estimate of drug-likeness (QED) is 0.738. The number of carbonyl (C=O) groups excluding carboxylic acids is 1. The Labute approximate surface area is 98.3 Å². The van der Waals surface area contributed by atoms with E-state index in [9.17, 15) is 13.2 Å². The molecule has 88 valence electrons. The zero-order valence-corrected chi connectivity index (χ0v) is 9.58. The van der Waals surface area contributed by atoms with E-state index in [1.165, 1.54) is 0 Å². The minimum atomic E-state index is -4.00. The van der Waals surface area contributed by atoms with E-state index in [1.54, 1.807) is 12.1 Å². The Morgan fingerprint density at radius 2 is 1.94 bits per heavy atom. The van der Waals surface area contributed by atoms with E-state index in [2.05, 4.69) is 0 Å². The van der Waals surface area contributed by atoms with Crippen LogP contribution in [0.5, 0.6) is 0 Å². The zero-order valence-electron chi connectivity index (χ0n) is 8.76. The van der Waals surface area contributed by atoms with Gasteiger partial charge in [-0.05, 0) is 18.4 Å². The number of aryl methyl sites for hydroxylation is 1. The first kappa shape index (κ1) is 10.3. The third-order valence-electron chi connectivity index (χ3n) is 2.87.